The standard InChI is InChI=1S/C14H23NO2/c1-2-8-14(9-4-5-10-14)17-13(16)15-11-6-3-7-12-15/h2,8H,3-7,9-12H2,1H3/b8-2+. The minimum atomic E-state index is -0.302. The van der Waals surface area contributed by atoms with Gasteiger partial charge in [-0.15, -0.1) is 0 Å². The smallest absolute Gasteiger partial charge is 0.410 e. The first-order valence-electron chi connectivity index (χ1n) is 6.87. The fourth-order valence-electron chi connectivity index (χ4n) is 2.89. The first kappa shape index (κ1) is 12.5. The molecule has 0 unspecified atom stereocenters. The van der Waals surface area contributed by atoms with Crippen LogP contribution in [0.3, 0.4) is 0 Å². The summed E-state index contributed by atoms with van der Waals surface area (Å²) >= 11 is 0. The molecule has 2 rings (SSSR count). The Kier molecular flexibility index (Phi) is 4.08. The third kappa shape index (κ3) is 3.02. The molecular weight excluding hydrogens is 214 g/mol. The Morgan fingerprint density at radius 1 is 1.12 bits per heavy atom. The number of rotatable bonds is 2. The Labute approximate surface area is 104 Å². The number of allylic oxidation sites excluding steroid dienone is 1. The number of piperidine rings is 1. The van der Waals surface area contributed by atoms with Crippen LogP contribution in [0, 0.1) is 0 Å². The number of amides is 1. The third-order valence-electron chi connectivity index (χ3n) is 3.83. The molecule has 0 N–H and O–H groups in total. The van der Waals surface area contributed by atoms with E-state index in [4.69, 9.17) is 4.74 Å². The molecule has 0 spiro atoms. The van der Waals surface area contributed by atoms with Crippen molar-refractivity contribution in [2.24, 2.45) is 0 Å². The molecule has 96 valence electrons. The molecule has 1 saturated carbocycles. The van der Waals surface area contributed by atoms with Crippen LogP contribution in [0.4, 0.5) is 4.79 Å². The lowest BCUT2D eigenvalue weighted by Crippen LogP contribution is -2.41. The molecule has 3 heteroatoms. The molecule has 1 amide bonds. The summed E-state index contributed by atoms with van der Waals surface area (Å²) in [5.41, 5.74) is -0.302. The maximum atomic E-state index is 12.1. The number of carbonyl (C=O) groups is 1. The van der Waals surface area contributed by atoms with E-state index in [-0.39, 0.29) is 11.7 Å². The Balaban J connectivity index is 1.95. The van der Waals surface area contributed by atoms with Crippen molar-refractivity contribution in [2.45, 2.75) is 57.5 Å². The number of ether oxygens (including phenoxy) is 1. The molecule has 0 bridgehead atoms. The Bertz CT molecular complexity index is 287. The fourth-order valence-corrected chi connectivity index (χ4v) is 2.89. The minimum Gasteiger partial charge on any atom is -0.439 e. The molecule has 0 aromatic heterocycles. The van der Waals surface area contributed by atoms with E-state index in [1.807, 2.05) is 17.9 Å². The molecule has 0 aromatic carbocycles. The largest absolute Gasteiger partial charge is 0.439 e. The van der Waals surface area contributed by atoms with Crippen LogP contribution in [-0.4, -0.2) is 29.7 Å². The van der Waals surface area contributed by atoms with Crippen LogP contribution in [0.25, 0.3) is 0 Å². The van der Waals surface area contributed by atoms with Crippen LogP contribution in [0.2, 0.25) is 0 Å². The van der Waals surface area contributed by atoms with Gasteiger partial charge in [0.25, 0.3) is 0 Å². The Morgan fingerprint density at radius 3 is 2.35 bits per heavy atom. The SMILES string of the molecule is C/C=C/C1(OC(=O)N2CCCCC2)CCCC1. The van der Waals surface area contributed by atoms with Crippen LogP contribution < -0.4 is 0 Å². The van der Waals surface area contributed by atoms with Crippen LogP contribution in [-0.2, 0) is 4.74 Å². The highest BCUT2D eigenvalue weighted by Crippen LogP contribution is 2.35. The van der Waals surface area contributed by atoms with E-state index in [0.717, 1.165) is 51.6 Å². The Hall–Kier alpha value is -0.990. The topological polar surface area (TPSA) is 29.5 Å². The summed E-state index contributed by atoms with van der Waals surface area (Å²) < 4.78 is 5.78. The summed E-state index contributed by atoms with van der Waals surface area (Å²) in [6, 6.07) is 0. The van der Waals surface area contributed by atoms with E-state index >= 15 is 0 Å². The van der Waals surface area contributed by atoms with Crippen molar-refractivity contribution >= 4 is 6.09 Å². The van der Waals surface area contributed by atoms with Crippen LogP contribution in [0.5, 0.6) is 0 Å². The van der Waals surface area contributed by atoms with Crippen LogP contribution in [0.1, 0.15) is 51.9 Å². The second-order valence-electron chi connectivity index (χ2n) is 5.19. The van der Waals surface area contributed by atoms with E-state index in [2.05, 4.69) is 6.08 Å². The molecule has 1 saturated heterocycles. The van der Waals surface area contributed by atoms with Gasteiger partial charge >= 0.3 is 6.09 Å². The van der Waals surface area contributed by atoms with Crippen molar-refractivity contribution in [2.75, 3.05) is 13.1 Å². The van der Waals surface area contributed by atoms with Gasteiger partial charge in [-0.05, 0) is 57.9 Å². The van der Waals surface area contributed by atoms with E-state index in [1.54, 1.807) is 0 Å². The highest BCUT2D eigenvalue weighted by atomic mass is 16.6. The van der Waals surface area contributed by atoms with Crippen molar-refractivity contribution in [3.05, 3.63) is 12.2 Å². The van der Waals surface area contributed by atoms with Crippen LogP contribution >= 0.6 is 0 Å². The molecule has 1 aliphatic carbocycles. The average Bonchev–Trinajstić information content (AvgIpc) is 2.79. The van der Waals surface area contributed by atoms with Gasteiger partial charge in [0.05, 0.1) is 0 Å². The maximum Gasteiger partial charge on any atom is 0.410 e. The number of carbonyl (C=O) groups excluding carboxylic acids is 1. The fraction of sp³-hybridized carbons (Fsp3) is 0.786. The number of likely N-dealkylation sites (tertiary alicyclic amines) is 1. The van der Waals surface area contributed by atoms with Crippen molar-refractivity contribution in [3.63, 3.8) is 0 Å². The molecule has 2 fully saturated rings. The monoisotopic (exact) mass is 237 g/mol. The summed E-state index contributed by atoms with van der Waals surface area (Å²) in [4.78, 5) is 14.0. The summed E-state index contributed by atoms with van der Waals surface area (Å²) in [7, 11) is 0. The highest BCUT2D eigenvalue weighted by Gasteiger charge is 2.36. The summed E-state index contributed by atoms with van der Waals surface area (Å²) in [5, 5.41) is 0. The zero-order chi connectivity index (χ0) is 12.1. The number of hydrogen-bond acceptors (Lipinski definition) is 2. The lowest BCUT2D eigenvalue weighted by Gasteiger charge is -2.32. The van der Waals surface area contributed by atoms with Crippen molar-refractivity contribution < 1.29 is 9.53 Å². The van der Waals surface area contributed by atoms with Gasteiger partial charge in [-0.1, -0.05) is 6.08 Å². The molecule has 0 radical (unpaired) electrons. The van der Waals surface area contributed by atoms with Gasteiger partial charge in [0, 0.05) is 13.1 Å². The predicted octanol–water partition coefficient (Wildman–Crippen LogP) is 3.50. The summed E-state index contributed by atoms with van der Waals surface area (Å²) in [5.74, 6) is 0. The van der Waals surface area contributed by atoms with Gasteiger partial charge in [0.1, 0.15) is 5.60 Å². The molecule has 0 atom stereocenters. The van der Waals surface area contributed by atoms with Gasteiger partial charge in [0.15, 0.2) is 0 Å². The first-order valence-corrected chi connectivity index (χ1v) is 6.87. The van der Waals surface area contributed by atoms with Crippen molar-refractivity contribution in [1.82, 2.24) is 4.90 Å². The molecular formula is C14H23NO2. The second kappa shape index (κ2) is 5.56. The number of hydrogen-bond donors (Lipinski definition) is 0. The Morgan fingerprint density at radius 2 is 1.76 bits per heavy atom. The zero-order valence-corrected chi connectivity index (χ0v) is 10.8. The van der Waals surface area contributed by atoms with Gasteiger partial charge in [0.2, 0.25) is 0 Å². The lowest BCUT2D eigenvalue weighted by atomic mass is 10.0. The summed E-state index contributed by atoms with van der Waals surface area (Å²) in [6.45, 7) is 3.73. The number of nitrogens with zero attached hydrogens (tertiary/aromatic N) is 1. The van der Waals surface area contributed by atoms with Gasteiger partial charge in [-0.2, -0.15) is 0 Å². The molecule has 1 heterocycles. The second-order valence-corrected chi connectivity index (χ2v) is 5.19. The van der Waals surface area contributed by atoms with E-state index in [1.165, 1.54) is 6.42 Å². The van der Waals surface area contributed by atoms with Gasteiger partial charge < -0.3 is 9.64 Å². The predicted molar refractivity (Wildman–Crippen MR) is 67.9 cm³/mol. The highest BCUT2D eigenvalue weighted by molar-refractivity contribution is 5.68. The van der Waals surface area contributed by atoms with E-state index in [0.29, 0.717) is 0 Å². The maximum absolute atomic E-state index is 12.1. The molecule has 0 aromatic rings. The molecule has 17 heavy (non-hydrogen) atoms. The van der Waals surface area contributed by atoms with Gasteiger partial charge in [-0.3, -0.25) is 0 Å². The normalized spacial score (nSPS) is 24.2. The first-order chi connectivity index (χ1) is 8.26. The minimum absolute atomic E-state index is 0.107. The van der Waals surface area contributed by atoms with Crippen molar-refractivity contribution in [1.29, 1.82) is 0 Å². The van der Waals surface area contributed by atoms with Gasteiger partial charge in [-0.25, -0.2) is 4.79 Å². The summed E-state index contributed by atoms with van der Waals surface area (Å²) in [6.07, 6.45) is 11.7. The molecule has 1 aliphatic heterocycles. The lowest BCUT2D eigenvalue weighted by molar-refractivity contribution is 0.0209. The molecule has 2 aliphatic rings. The third-order valence-corrected chi connectivity index (χ3v) is 3.83. The van der Waals surface area contributed by atoms with Crippen molar-refractivity contribution in [3.8, 4) is 0 Å². The molecule has 3 nitrogen and oxygen atoms in total. The van der Waals surface area contributed by atoms with Crippen LogP contribution in [0.15, 0.2) is 12.2 Å². The average molecular weight is 237 g/mol. The quantitative estimate of drug-likeness (QED) is 0.688. The van der Waals surface area contributed by atoms with E-state index < -0.39 is 0 Å². The zero-order valence-electron chi connectivity index (χ0n) is 10.8. The van der Waals surface area contributed by atoms with E-state index in [9.17, 15) is 4.79 Å².